The Morgan fingerprint density at radius 1 is 1.58 bits per heavy atom. The number of hydrogen-bond donors (Lipinski definition) is 4. The number of aliphatic imine (C=N–C) groups is 1. The van der Waals surface area contributed by atoms with E-state index in [1.807, 2.05) is 0 Å². The molecule has 1 unspecified atom stereocenters. The molecular weight excluding hydrogens is 282 g/mol. The van der Waals surface area contributed by atoms with Gasteiger partial charge in [-0.15, -0.1) is 12.4 Å². The minimum Gasteiger partial charge on any atom is -0.465 e. The fourth-order valence-electron chi connectivity index (χ4n) is 1.27. The Hall–Kier alpha value is -1.65. The van der Waals surface area contributed by atoms with Crippen molar-refractivity contribution in [2.24, 2.45) is 22.2 Å². The van der Waals surface area contributed by atoms with Gasteiger partial charge in [-0.1, -0.05) is 0 Å². The van der Waals surface area contributed by atoms with Crippen LogP contribution in [0.1, 0.15) is 12.8 Å². The summed E-state index contributed by atoms with van der Waals surface area (Å²) in [4.78, 5) is 24.3. The third kappa shape index (κ3) is 6.18. The predicted octanol–water partition coefficient (Wildman–Crippen LogP) is -2.07. The van der Waals surface area contributed by atoms with Gasteiger partial charge >= 0.3 is 5.97 Å². The van der Waals surface area contributed by atoms with Crippen LogP contribution in [0.2, 0.25) is 0 Å². The number of nitro groups is 1. The molecule has 10 nitrogen and oxygen atoms in total. The van der Waals surface area contributed by atoms with Gasteiger partial charge in [0.2, 0.25) is 6.54 Å². The standard InChI is InChI=1S/C8H17N5O5.ClH/c1-18-6(14)8(15,12-7(10)11)5(9)3-2-4-13(16)17;/h5,15H,2-4,9H2,1H3,(H4,10,11,12);1H/t5-,8?;/m0./s1. The fourth-order valence-corrected chi connectivity index (χ4v) is 1.27. The lowest BCUT2D eigenvalue weighted by molar-refractivity contribution is -0.480. The Morgan fingerprint density at radius 3 is 2.47 bits per heavy atom. The molecule has 0 aliphatic heterocycles. The van der Waals surface area contributed by atoms with Gasteiger partial charge in [0.25, 0.3) is 5.72 Å². The van der Waals surface area contributed by atoms with Gasteiger partial charge in [0, 0.05) is 11.3 Å². The third-order valence-electron chi connectivity index (χ3n) is 2.16. The molecule has 7 N–H and O–H groups in total. The number of esters is 1. The van der Waals surface area contributed by atoms with Gasteiger partial charge in [0.05, 0.1) is 13.2 Å². The second-order valence-electron chi connectivity index (χ2n) is 3.56. The van der Waals surface area contributed by atoms with Crippen molar-refractivity contribution < 1.29 is 19.6 Å². The number of ether oxygens (including phenoxy) is 1. The molecule has 2 atom stereocenters. The number of halogens is 1. The highest BCUT2D eigenvalue weighted by Crippen LogP contribution is 2.17. The van der Waals surface area contributed by atoms with E-state index in [1.165, 1.54) is 0 Å². The zero-order chi connectivity index (χ0) is 14.3. The molecule has 0 fully saturated rings. The maximum atomic E-state index is 11.4. The summed E-state index contributed by atoms with van der Waals surface area (Å²) in [5.74, 6) is -1.68. The van der Waals surface area contributed by atoms with E-state index in [0.29, 0.717) is 0 Å². The monoisotopic (exact) mass is 299 g/mol. The summed E-state index contributed by atoms with van der Waals surface area (Å²) in [6, 6.07) is -1.22. The van der Waals surface area contributed by atoms with Crippen molar-refractivity contribution in [3.05, 3.63) is 10.1 Å². The molecule has 0 saturated heterocycles. The number of guanidine groups is 1. The van der Waals surface area contributed by atoms with Crippen molar-refractivity contribution in [3.8, 4) is 0 Å². The molecule has 0 radical (unpaired) electrons. The topological polar surface area (TPSA) is 180 Å². The van der Waals surface area contributed by atoms with E-state index in [-0.39, 0.29) is 31.8 Å². The Bertz CT molecular complexity index is 348. The van der Waals surface area contributed by atoms with Crippen LogP contribution >= 0.6 is 12.4 Å². The number of carbonyl (C=O) groups excluding carboxylic acids is 1. The number of methoxy groups -OCH3 is 1. The molecule has 0 aliphatic carbocycles. The number of nitrogens with zero attached hydrogens (tertiary/aromatic N) is 2. The second-order valence-corrected chi connectivity index (χ2v) is 3.56. The largest absolute Gasteiger partial charge is 0.465 e. The molecule has 0 amide bonds. The average molecular weight is 300 g/mol. The number of rotatable bonds is 7. The van der Waals surface area contributed by atoms with E-state index in [1.54, 1.807) is 0 Å². The van der Waals surface area contributed by atoms with Crippen LogP contribution in [-0.2, 0) is 9.53 Å². The molecule has 0 rings (SSSR count). The highest BCUT2D eigenvalue weighted by atomic mass is 35.5. The molecular formula is C8H18ClN5O5. The first kappa shape index (κ1) is 19.7. The van der Waals surface area contributed by atoms with E-state index in [0.717, 1.165) is 7.11 Å². The van der Waals surface area contributed by atoms with Crippen LogP contribution < -0.4 is 17.2 Å². The minimum atomic E-state index is -2.44. The third-order valence-corrected chi connectivity index (χ3v) is 2.16. The quantitative estimate of drug-likeness (QED) is 0.136. The maximum Gasteiger partial charge on any atom is 0.363 e. The van der Waals surface area contributed by atoms with Crippen molar-refractivity contribution in [2.75, 3.05) is 13.7 Å². The first-order valence-corrected chi connectivity index (χ1v) is 5.03. The van der Waals surface area contributed by atoms with Crippen LogP contribution in [0.15, 0.2) is 4.99 Å². The van der Waals surface area contributed by atoms with Gasteiger partial charge in [-0.3, -0.25) is 10.1 Å². The molecule has 0 aromatic rings. The van der Waals surface area contributed by atoms with Crippen LogP contribution in [0, 0.1) is 10.1 Å². The minimum absolute atomic E-state index is 0. The highest BCUT2D eigenvalue weighted by molar-refractivity contribution is 5.85. The summed E-state index contributed by atoms with van der Waals surface area (Å²) in [5.41, 5.74) is 13.3. The molecule has 0 heterocycles. The number of hydrogen-bond acceptors (Lipinski definition) is 7. The Morgan fingerprint density at radius 2 is 2.11 bits per heavy atom. The Kier molecular flexibility index (Phi) is 8.76. The summed E-state index contributed by atoms with van der Waals surface area (Å²) >= 11 is 0. The first-order valence-electron chi connectivity index (χ1n) is 5.03. The highest BCUT2D eigenvalue weighted by Gasteiger charge is 2.43. The molecule has 11 heteroatoms. The molecule has 0 aromatic heterocycles. The van der Waals surface area contributed by atoms with Crippen LogP contribution in [0.3, 0.4) is 0 Å². The summed E-state index contributed by atoms with van der Waals surface area (Å²) in [5, 5.41) is 20.1. The van der Waals surface area contributed by atoms with E-state index in [2.05, 4.69) is 9.73 Å². The maximum absolute atomic E-state index is 11.4. The lowest BCUT2D eigenvalue weighted by Crippen LogP contribution is -2.55. The normalized spacial score (nSPS) is 14.5. The molecule has 19 heavy (non-hydrogen) atoms. The van der Waals surface area contributed by atoms with Crippen molar-refractivity contribution in [1.29, 1.82) is 0 Å². The summed E-state index contributed by atoms with van der Waals surface area (Å²) in [6.07, 6.45) is 0.0385. The second kappa shape index (κ2) is 8.45. The smallest absolute Gasteiger partial charge is 0.363 e. The van der Waals surface area contributed by atoms with Crippen LogP contribution in [0.25, 0.3) is 0 Å². The van der Waals surface area contributed by atoms with Crippen LogP contribution in [0.4, 0.5) is 0 Å². The van der Waals surface area contributed by atoms with Gasteiger partial charge in [-0.05, 0) is 6.42 Å². The molecule has 112 valence electrons. The summed E-state index contributed by atoms with van der Waals surface area (Å²) in [7, 11) is 1.03. The van der Waals surface area contributed by atoms with Crippen molar-refractivity contribution in [2.45, 2.75) is 24.6 Å². The fraction of sp³-hybridized carbons (Fsp3) is 0.750. The van der Waals surface area contributed by atoms with Gasteiger partial charge < -0.3 is 27.0 Å². The lowest BCUT2D eigenvalue weighted by Gasteiger charge is -2.26. The number of carbonyl (C=O) groups is 1. The van der Waals surface area contributed by atoms with Crippen molar-refractivity contribution in [3.63, 3.8) is 0 Å². The van der Waals surface area contributed by atoms with Crippen molar-refractivity contribution >= 4 is 24.3 Å². The van der Waals surface area contributed by atoms with Gasteiger partial charge in [-0.25, -0.2) is 9.79 Å². The Balaban J connectivity index is 0. The summed E-state index contributed by atoms with van der Waals surface area (Å²) < 4.78 is 4.34. The van der Waals surface area contributed by atoms with E-state index < -0.39 is 28.6 Å². The van der Waals surface area contributed by atoms with Crippen LogP contribution in [0.5, 0.6) is 0 Å². The van der Waals surface area contributed by atoms with Crippen molar-refractivity contribution in [1.82, 2.24) is 0 Å². The average Bonchev–Trinajstić information content (AvgIpc) is 2.26. The molecule has 0 saturated carbocycles. The molecule has 0 spiro atoms. The number of nitrogens with two attached hydrogens (primary N) is 3. The first-order chi connectivity index (χ1) is 8.24. The van der Waals surface area contributed by atoms with Gasteiger partial charge in [0.1, 0.15) is 0 Å². The van der Waals surface area contributed by atoms with E-state index >= 15 is 0 Å². The van der Waals surface area contributed by atoms with Crippen LogP contribution in [-0.4, -0.2) is 47.4 Å². The predicted molar refractivity (Wildman–Crippen MR) is 69.1 cm³/mol. The summed E-state index contributed by atoms with van der Waals surface area (Å²) in [6.45, 7) is -0.341. The van der Waals surface area contributed by atoms with E-state index in [4.69, 9.17) is 17.2 Å². The lowest BCUT2D eigenvalue weighted by atomic mass is 10.0. The molecule has 0 aliphatic rings. The van der Waals surface area contributed by atoms with Gasteiger partial charge in [0.15, 0.2) is 5.96 Å². The zero-order valence-electron chi connectivity index (χ0n) is 10.3. The van der Waals surface area contributed by atoms with Gasteiger partial charge in [-0.2, -0.15) is 0 Å². The SMILES string of the molecule is COC(=O)C(O)(N=C(N)N)[C@@H](N)CCC[N+](=O)[O-].Cl. The molecule has 0 aromatic carbocycles. The Labute approximate surface area is 115 Å². The van der Waals surface area contributed by atoms with E-state index in [9.17, 15) is 20.0 Å². The molecule has 0 bridgehead atoms. The number of aliphatic hydroxyl groups is 1. The zero-order valence-corrected chi connectivity index (χ0v) is 11.1.